The van der Waals surface area contributed by atoms with E-state index in [0.717, 1.165) is 17.6 Å². The number of hydrogen-bond donors (Lipinski definition) is 1. The highest BCUT2D eigenvalue weighted by Crippen LogP contribution is 2.20. The molecule has 0 amide bonds. The lowest BCUT2D eigenvalue weighted by molar-refractivity contribution is 0.588. The zero-order chi connectivity index (χ0) is 13.8. The zero-order valence-corrected chi connectivity index (χ0v) is 13.2. The van der Waals surface area contributed by atoms with Crippen molar-refractivity contribution in [2.24, 2.45) is 0 Å². The minimum absolute atomic E-state index is 0.505. The van der Waals surface area contributed by atoms with E-state index in [1.54, 1.807) is 0 Å². The van der Waals surface area contributed by atoms with Crippen molar-refractivity contribution in [3.8, 4) is 0 Å². The third kappa shape index (κ3) is 4.18. The third-order valence-corrected chi connectivity index (χ3v) is 3.66. The molecular weight excluding hydrogens is 302 g/mol. The maximum atomic E-state index is 4.32. The largest absolute Gasteiger partial charge is 0.310 e. The Kier molecular flexibility index (Phi) is 4.77. The van der Waals surface area contributed by atoms with E-state index in [-0.39, 0.29) is 0 Å². The lowest BCUT2D eigenvalue weighted by atomic mass is 10.1. The van der Waals surface area contributed by atoms with E-state index in [1.807, 2.05) is 10.9 Å². The standard InChI is InChI=1S/C15H20BrN3/c1-11(2)17-8-13-4-5-14(15(16)6-13)10-19-9-12(3)7-18-19/h4-7,9,11,17H,8,10H2,1-3H3. The number of halogens is 1. The molecule has 2 rings (SSSR count). The Morgan fingerprint density at radius 1 is 1.37 bits per heavy atom. The van der Waals surface area contributed by atoms with Gasteiger partial charge < -0.3 is 5.32 Å². The molecule has 1 heterocycles. The van der Waals surface area contributed by atoms with Gasteiger partial charge in [0.1, 0.15) is 0 Å². The smallest absolute Gasteiger partial charge is 0.0670 e. The molecule has 3 nitrogen and oxygen atoms in total. The molecule has 0 aliphatic rings. The van der Waals surface area contributed by atoms with E-state index in [2.05, 4.69) is 71.5 Å². The van der Waals surface area contributed by atoms with Crippen LogP contribution in [0.15, 0.2) is 35.1 Å². The van der Waals surface area contributed by atoms with Crippen LogP contribution in [-0.2, 0) is 13.1 Å². The summed E-state index contributed by atoms with van der Waals surface area (Å²) in [7, 11) is 0. The number of aromatic nitrogens is 2. The van der Waals surface area contributed by atoms with E-state index in [1.165, 1.54) is 16.7 Å². The summed E-state index contributed by atoms with van der Waals surface area (Å²) in [4.78, 5) is 0. The predicted octanol–water partition coefficient (Wildman–Crippen LogP) is 3.50. The minimum Gasteiger partial charge on any atom is -0.310 e. The number of nitrogens with zero attached hydrogens (tertiary/aromatic N) is 2. The summed E-state index contributed by atoms with van der Waals surface area (Å²) in [6.07, 6.45) is 3.94. The van der Waals surface area contributed by atoms with E-state index < -0.39 is 0 Å². The van der Waals surface area contributed by atoms with E-state index >= 15 is 0 Å². The van der Waals surface area contributed by atoms with Crippen molar-refractivity contribution < 1.29 is 0 Å². The molecular formula is C15H20BrN3. The molecule has 0 aliphatic carbocycles. The van der Waals surface area contributed by atoms with Gasteiger partial charge in [0.05, 0.1) is 12.7 Å². The van der Waals surface area contributed by atoms with Gasteiger partial charge in [0, 0.05) is 23.3 Å². The number of rotatable bonds is 5. The second-order valence-electron chi connectivity index (χ2n) is 5.18. The average molecular weight is 322 g/mol. The summed E-state index contributed by atoms with van der Waals surface area (Å²) < 4.78 is 3.10. The molecule has 1 aromatic heterocycles. The maximum Gasteiger partial charge on any atom is 0.0670 e. The molecule has 0 spiro atoms. The van der Waals surface area contributed by atoms with Gasteiger partial charge >= 0.3 is 0 Å². The van der Waals surface area contributed by atoms with Crippen molar-refractivity contribution in [3.63, 3.8) is 0 Å². The molecule has 0 aliphatic heterocycles. The molecule has 0 saturated carbocycles. The highest BCUT2D eigenvalue weighted by Gasteiger charge is 2.04. The summed E-state index contributed by atoms with van der Waals surface area (Å²) in [5, 5.41) is 7.74. The SMILES string of the molecule is Cc1cnn(Cc2ccc(CNC(C)C)cc2Br)c1. The van der Waals surface area contributed by atoms with Gasteiger partial charge in [0.15, 0.2) is 0 Å². The van der Waals surface area contributed by atoms with Gasteiger partial charge in [-0.15, -0.1) is 0 Å². The fraction of sp³-hybridized carbons (Fsp3) is 0.400. The molecule has 0 atom stereocenters. The molecule has 19 heavy (non-hydrogen) atoms. The van der Waals surface area contributed by atoms with Crippen LogP contribution in [0.1, 0.15) is 30.5 Å². The van der Waals surface area contributed by atoms with Crippen molar-refractivity contribution >= 4 is 15.9 Å². The van der Waals surface area contributed by atoms with Crippen LogP contribution >= 0.6 is 15.9 Å². The second-order valence-corrected chi connectivity index (χ2v) is 6.03. The molecule has 0 saturated heterocycles. The van der Waals surface area contributed by atoms with Crippen molar-refractivity contribution in [1.29, 1.82) is 0 Å². The Bertz CT molecular complexity index is 546. The molecule has 0 bridgehead atoms. The Labute approximate surface area is 123 Å². The number of benzene rings is 1. The van der Waals surface area contributed by atoms with E-state index in [0.29, 0.717) is 6.04 Å². The fourth-order valence-corrected chi connectivity index (χ4v) is 2.43. The van der Waals surface area contributed by atoms with Crippen LogP contribution in [0.25, 0.3) is 0 Å². The highest BCUT2D eigenvalue weighted by atomic mass is 79.9. The minimum atomic E-state index is 0.505. The van der Waals surface area contributed by atoms with Gasteiger partial charge in [-0.3, -0.25) is 4.68 Å². The van der Waals surface area contributed by atoms with Gasteiger partial charge in [-0.05, 0) is 29.7 Å². The van der Waals surface area contributed by atoms with Gasteiger partial charge in [0.25, 0.3) is 0 Å². The number of nitrogens with one attached hydrogen (secondary N) is 1. The molecule has 0 radical (unpaired) electrons. The van der Waals surface area contributed by atoms with Crippen LogP contribution in [-0.4, -0.2) is 15.8 Å². The lowest BCUT2D eigenvalue weighted by Crippen LogP contribution is -2.21. The van der Waals surface area contributed by atoms with Crippen LogP contribution in [0.2, 0.25) is 0 Å². The molecule has 102 valence electrons. The van der Waals surface area contributed by atoms with Crippen LogP contribution < -0.4 is 5.32 Å². The van der Waals surface area contributed by atoms with Crippen LogP contribution in [0.4, 0.5) is 0 Å². The van der Waals surface area contributed by atoms with E-state index in [4.69, 9.17) is 0 Å². The van der Waals surface area contributed by atoms with Gasteiger partial charge in [-0.2, -0.15) is 5.10 Å². The summed E-state index contributed by atoms with van der Waals surface area (Å²) in [6.45, 7) is 8.07. The predicted molar refractivity (Wildman–Crippen MR) is 82.2 cm³/mol. The van der Waals surface area contributed by atoms with Crippen molar-refractivity contribution in [1.82, 2.24) is 15.1 Å². The summed E-state index contributed by atoms with van der Waals surface area (Å²) in [5.74, 6) is 0. The van der Waals surface area contributed by atoms with E-state index in [9.17, 15) is 0 Å². The Morgan fingerprint density at radius 2 is 2.16 bits per heavy atom. The number of aryl methyl sites for hydroxylation is 1. The Balaban J connectivity index is 2.06. The second kappa shape index (κ2) is 6.35. The first-order chi connectivity index (χ1) is 9.04. The normalized spacial score (nSPS) is 11.2. The fourth-order valence-electron chi connectivity index (χ4n) is 1.88. The number of hydrogen-bond acceptors (Lipinski definition) is 2. The quantitative estimate of drug-likeness (QED) is 0.913. The first-order valence-electron chi connectivity index (χ1n) is 6.54. The molecule has 4 heteroatoms. The molecule has 0 unspecified atom stereocenters. The van der Waals surface area contributed by atoms with Crippen LogP contribution in [0.3, 0.4) is 0 Å². The Morgan fingerprint density at radius 3 is 2.74 bits per heavy atom. The van der Waals surface area contributed by atoms with Crippen LogP contribution in [0.5, 0.6) is 0 Å². The first kappa shape index (κ1) is 14.3. The maximum absolute atomic E-state index is 4.32. The first-order valence-corrected chi connectivity index (χ1v) is 7.33. The van der Waals surface area contributed by atoms with Gasteiger partial charge in [0.2, 0.25) is 0 Å². The van der Waals surface area contributed by atoms with Crippen molar-refractivity contribution in [2.75, 3.05) is 0 Å². The summed E-state index contributed by atoms with van der Waals surface area (Å²) in [6, 6.07) is 7.02. The van der Waals surface area contributed by atoms with Crippen molar-refractivity contribution in [3.05, 3.63) is 51.8 Å². The molecule has 2 aromatic rings. The van der Waals surface area contributed by atoms with Gasteiger partial charge in [-0.25, -0.2) is 0 Å². The monoisotopic (exact) mass is 321 g/mol. The third-order valence-electron chi connectivity index (χ3n) is 2.93. The zero-order valence-electron chi connectivity index (χ0n) is 11.7. The van der Waals surface area contributed by atoms with Crippen LogP contribution in [0, 0.1) is 6.92 Å². The summed E-state index contributed by atoms with van der Waals surface area (Å²) in [5.41, 5.74) is 3.73. The van der Waals surface area contributed by atoms with Gasteiger partial charge in [-0.1, -0.05) is 41.9 Å². The van der Waals surface area contributed by atoms with Crippen molar-refractivity contribution in [2.45, 2.75) is 39.9 Å². The lowest BCUT2D eigenvalue weighted by Gasteiger charge is -2.10. The summed E-state index contributed by atoms with van der Waals surface area (Å²) >= 11 is 3.65. The Hall–Kier alpha value is -1.13. The highest BCUT2D eigenvalue weighted by molar-refractivity contribution is 9.10. The average Bonchev–Trinajstić information content (AvgIpc) is 2.75. The topological polar surface area (TPSA) is 29.9 Å². The molecule has 1 N–H and O–H groups in total. The molecule has 1 aromatic carbocycles. The molecule has 0 fully saturated rings.